The van der Waals surface area contributed by atoms with E-state index in [2.05, 4.69) is 10.3 Å². The summed E-state index contributed by atoms with van der Waals surface area (Å²) in [5.41, 5.74) is -0.243. The fourth-order valence-corrected chi connectivity index (χ4v) is 4.42. The van der Waals surface area contributed by atoms with Crippen LogP contribution in [0.15, 0.2) is 34.5 Å². The van der Waals surface area contributed by atoms with E-state index < -0.39 is 21.2 Å². The van der Waals surface area contributed by atoms with E-state index in [0.29, 0.717) is 23.7 Å². The fraction of sp³-hybridized carbons (Fsp3) is 0.286. The van der Waals surface area contributed by atoms with Crippen LogP contribution in [0.2, 0.25) is 0 Å². The molecule has 0 amide bonds. The number of aromatic carboxylic acids is 1. The van der Waals surface area contributed by atoms with E-state index in [9.17, 15) is 13.2 Å². The van der Waals surface area contributed by atoms with E-state index in [1.165, 1.54) is 28.8 Å². The molecular formula is C14H14N2O5S2. The molecule has 1 unspecified atom stereocenters. The molecule has 0 saturated carbocycles. The number of benzene rings is 1. The molecule has 1 saturated heterocycles. The van der Waals surface area contributed by atoms with Gasteiger partial charge in [0.25, 0.3) is 0 Å². The molecule has 0 spiro atoms. The normalized spacial score (nSPS) is 18.7. The van der Waals surface area contributed by atoms with Gasteiger partial charge in [0.1, 0.15) is 5.01 Å². The van der Waals surface area contributed by atoms with Crippen LogP contribution in [-0.4, -0.2) is 49.6 Å². The number of aromatic nitrogens is 1. The lowest BCUT2D eigenvalue weighted by Crippen LogP contribution is -2.42. The third-order valence-corrected chi connectivity index (χ3v) is 6.21. The summed E-state index contributed by atoms with van der Waals surface area (Å²) >= 11 is 1.20. The molecule has 122 valence electrons. The topological polar surface area (TPSA) is 106 Å². The molecule has 1 aromatic heterocycles. The first-order valence-corrected chi connectivity index (χ1v) is 9.26. The predicted octanol–water partition coefficient (Wildman–Crippen LogP) is 1.23. The van der Waals surface area contributed by atoms with E-state index in [4.69, 9.17) is 9.84 Å². The molecular weight excluding hydrogens is 340 g/mol. The summed E-state index contributed by atoms with van der Waals surface area (Å²) in [4.78, 5) is 15.0. The van der Waals surface area contributed by atoms with Crippen molar-refractivity contribution in [2.45, 2.75) is 10.3 Å². The maximum atomic E-state index is 12.5. The molecule has 0 bridgehead atoms. The first kappa shape index (κ1) is 16.1. The lowest BCUT2D eigenvalue weighted by atomic mass is 10.2. The quantitative estimate of drug-likeness (QED) is 0.850. The standard InChI is InChI=1S/C14H14N2O5S2/c17-14(18)11-8-22-13(16-11)9-1-3-10(4-2-9)23(19,20)12-7-15-5-6-21-12/h1-4,8,12,15H,5-7H2,(H,17,18). The number of sulfone groups is 1. The van der Waals surface area contributed by atoms with Crippen molar-refractivity contribution in [2.75, 3.05) is 19.7 Å². The molecule has 1 atom stereocenters. The van der Waals surface area contributed by atoms with Crippen LogP contribution in [0, 0.1) is 0 Å². The van der Waals surface area contributed by atoms with Gasteiger partial charge in [0.2, 0.25) is 9.84 Å². The SMILES string of the molecule is O=C(O)c1csc(-c2ccc(S(=O)(=O)C3CNCCO3)cc2)n1. The van der Waals surface area contributed by atoms with E-state index in [-0.39, 0.29) is 17.1 Å². The van der Waals surface area contributed by atoms with Crippen LogP contribution in [0.3, 0.4) is 0 Å². The van der Waals surface area contributed by atoms with Gasteiger partial charge in [-0.2, -0.15) is 0 Å². The first-order chi connectivity index (χ1) is 11.0. The molecule has 2 aromatic rings. The van der Waals surface area contributed by atoms with Gasteiger partial charge in [0.15, 0.2) is 11.1 Å². The van der Waals surface area contributed by atoms with Gasteiger partial charge in [0.05, 0.1) is 11.5 Å². The van der Waals surface area contributed by atoms with Crippen LogP contribution in [0.5, 0.6) is 0 Å². The number of carboxylic acids is 1. The van der Waals surface area contributed by atoms with Crippen molar-refractivity contribution >= 4 is 27.1 Å². The zero-order valence-electron chi connectivity index (χ0n) is 11.9. The average Bonchev–Trinajstić information content (AvgIpc) is 3.06. The van der Waals surface area contributed by atoms with Gasteiger partial charge in [-0.15, -0.1) is 11.3 Å². The number of hydrogen-bond acceptors (Lipinski definition) is 7. The number of hydrogen-bond donors (Lipinski definition) is 2. The van der Waals surface area contributed by atoms with Crippen molar-refractivity contribution in [2.24, 2.45) is 0 Å². The van der Waals surface area contributed by atoms with Crippen molar-refractivity contribution in [3.05, 3.63) is 35.3 Å². The zero-order chi connectivity index (χ0) is 16.4. The predicted molar refractivity (Wildman–Crippen MR) is 84.3 cm³/mol. The number of ether oxygens (including phenoxy) is 1. The highest BCUT2D eigenvalue weighted by Gasteiger charge is 2.29. The Morgan fingerprint density at radius 1 is 1.35 bits per heavy atom. The first-order valence-electron chi connectivity index (χ1n) is 6.84. The van der Waals surface area contributed by atoms with Crippen molar-refractivity contribution in [1.82, 2.24) is 10.3 Å². The van der Waals surface area contributed by atoms with Gasteiger partial charge in [0, 0.05) is 24.0 Å². The van der Waals surface area contributed by atoms with Crippen molar-refractivity contribution in [3.63, 3.8) is 0 Å². The molecule has 2 N–H and O–H groups in total. The third kappa shape index (κ3) is 3.27. The van der Waals surface area contributed by atoms with E-state index in [1.807, 2.05) is 0 Å². The number of thiazole rings is 1. The molecule has 1 aromatic carbocycles. The smallest absolute Gasteiger partial charge is 0.355 e. The zero-order valence-corrected chi connectivity index (χ0v) is 13.6. The summed E-state index contributed by atoms with van der Waals surface area (Å²) in [6, 6.07) is 6.22. The minimum atomic E-state index is -3.57. The summed E-state index contributed by atoms with van der Waals surface area (Å²) < 4.78 is 30.3. The van der Waals surface area contributed by atoms with Crippen molar-refractivity contribution in [3.8, 4) is 10.6 Å². The Morgan fingerprint density at radius 2 is 2.09 bits per heavy atom. The summed E-state index contributed by atoms with van der Waals surface area (Å²) in [5.74, 6) is -1.09. The number of carboxylic acid groups (broad SMARTS) is 1. The molecule has 7 nitrogen and oxygen atoms in total. The number of morpholine rings is 1. The molecule has 0 aliphatic carbocycles. The summed E-state index contributed by atoms with van der Waals surface area (Å²) in [7, 11) is -3.57. The Balaban J connectivity index is 1.85. The van der Waals surface area contributed by atoms with Crippen LogP contribution in [0.4, 0.5) is 0 Å². The Bertz CT molecular complexity index is 808. The fourth-order valence-electron chi connectivity index (χ4n) is 2.18. The van der Waals surface area contributed by atoms with Crippen LogP contribution in [0.1, 0.15) is 10.5 Å². The molecule has 3 rings (SSSR count). The molecule has 1 fully saturated rings. The van der Waals surface area contributed by atoms with Gasteiger partial charge in [-0.05, 0) is 12.1 Å². The number of carbonyl (C=O) groups is 1. The second kappa shape index (κ2) is 6.36. The van der Waals surface area contributed by atoms with Gasteiger partial charge in [-0.3, -0.25) is 0 Å². The van der Waals surface area contributed by atoms with Gasteiger partial charge in [-0.1, -0.05) is 12.1 Å². The molecule has 1 aliphatic rings. The largest absolute Gasteiger partial charge is 0.476 e. The molecule has 1 aliphatic heterocycles. The highest BCUT2D eigenvalue weighted by Crippen LogP contribution is 2.26. The van der Waals surface area contributed by atoms with Gasteiger partial charge < -0.3 is 15.2 Å². The Hall–Kier alpha value is -1.81. The summed E-state index contributed by atoms with van der Waals surface area (Å²) in [6.07, 6.45) is 0. The third-order valence-electron chi connectivity index (χ3n) is 3.39. The highest BCUT2D eigenvalue weighted by molar-refractivity contribution is 7.92. The number of rotatable bonds is 4. The maximum absolute atomic E-state index is 12.5. The van der Waals surface area contributed by atoms with Crippen LogP contribution < -0.4 is 5.32 Å². The van der Waals surface area contributed by atoms with E-state index in [0.717, 1.165) is 0 Å². The Labute approximate surface area is 136 Å². The minimum absolute atomic E-state index is 0.0246. The lowest BCUT2D eigenvalue weighted by Gasteiger charge is -2.23. The summed E-state index contributed by atoms with van der Waals surface area (Å²) in [6.45, 7) is 1.26. The molecule has 23 heavy (non-hydrogen) atoms. The van der Waals surface area contributed by atoms with Crippen LogP contribution in [0.25, 0.3) is 10.6 Å². The van der Waals surface area contributed by atoms with Crippen molar-refractivity contribution < 1.29 is 23.1 Å². The Morgan fingerprint density at radius 3 is 2.65 bits per heavy atom. The average molecular weight is 354 g/mol. The number of nitrogens with zero attached hydrogens (tertiary/aromatic N) is 1. The van der Waals surface area contributed by atoms with Gasteiger partial charge >= 0.3 is 5.97 Å². The molecule has 9 heteroatoms. The highest BCUT2D eigenvalue weighted by atomic mass is 32.2. The molecule has 2 heterocycles. The Kier molecular flexibility index (Phi) is 4.44. The minimum Gasteiger partial charge on any atom is -0.476 e. The van der Waals surface area contributed by atoms with Crippen molar-refractivity contribution in [1.29, 1.82) is 0 Å². The maximum Gasteiger partial charge on any atom is 0.355 e. The van der Waals surface area contributed by atoms with E-state index >= 15 is 0 Å². The monoisotopic (exact) mass is 354 g/mol. The van der Waals surface area contributed by atoms with Crippen LogP contribution >= 0.6 is 11.3 Å². The van der Waals surface area contributed by atoms with Gasteiger partial charge in [-0.25, -0.2) is 18.2 Å². The lowest BCUT2D eigenvalue weighted by molar-refractivity contribution is 0.0691. The van der Waals surface area contributed by atoms with E-state index in [1.54, 1.807) is 12.1 Å². The summed E-state index contributed by atoms with van der Waals surface area (Å²) in [5, 5.41) is 13.9. The van der Waals surface area contributed by atoms with Crippen LogP contribution in [-0.2, 0) is 14.6 Å². The second-order valence-corrected chi connectivity index (χ2v) is 7.86. The molecule has 0 radical (unpaired) electrons. The second-order valence-electron chi connectivity index (χ2n) is 4.92. The number of nitrogens with one attached hydrogen (secondary N) is 1.